The number of ketones is 2. The smallest absolute Gasteiger partial charge is 0.148 e. The van der Waals surface area contributed by atoms with Crippen molar-refractivity contribution in [3.05, 3.63) is 0 Å². The van der Waals surface area contributed by atoms with Gasteiger partial charge in [0.15, 0.2) is 0 Å². The lowest BCUT2D eigenvalue weighted by Crippen LogP contribution is -2.35. The molecule has 0 aliphatic rings. The second kappa shape index (κ2) is 4.72. The minimum Gasteiger partial charge on any atom is -0.299 e. The van der Waals surface area contributed by atoms with E-state index in [9.17, 15) is 9.59 Å². The van der Waals surface area contributed by atoms with Crippen LogP contribution in [0.2, 0.25) is 0 Å². The number of carbonyl (C=O) groups is 2. The van der Waals surface area contributed by atoms with E-state index in [1.165, 1.54) is 0 Å². The summed E-state index contributed by atoms with van der Waals surface area (Å²) in [5, 5.41) is 0. The summed E-state index contributed by atoms with van der Waals surface area (Å²) in [6.45, 7) is 11.2. The lowest BCUT2D eigenvalue weighted by molar-refractivity contribution is -0.139. The molecule has 0 spiro atoms. The second-order valence-corrected chi connectivity index (χ2v) is 5.13. The summed E-state index contributed by atoms with van der Waals surface area (Å²) in [5.74, 6) is -0.313. The summed E-state index contributed by atoms with van der Waals surface area (Å²) in [6.07, 6.45) is 0.618. The van der Waals surface area contributed by atoms with Crippen molar-refractivity contribution in [2.24, 2.45) is 17.3 Å². The van der Waals surface area contributed by atoms with Crippen LogP contribution in [0.1, 0.15) is 48.0 Å². The first-order chi connectivity index (χ1) is 6.21. The van der Waals surface area contributed by atoms with Crippen molar-refractivity contribution < 1.29 is 9.59 Å². The lowest BCUT2D eigenvalue weighted by Gasteiger charge is -2.23. The maximum atomic E-state index is 11.9. The van der Waals surface area contributed by atoms with Crippen LogP contribution in [0.25, 0.3) is 0 Å². The molecular weight excluding hydrogens is 176 g/mol. The molecule has 0 bridgehead atoms. The van der Waals surface area contributed by atoms with E-state index >= 15 is 0 Å². The molecule has 0 saturated carbocycles. The third-order valence-corrected chi connectivity index (χ3v) is 2.38. The number of carbonyl (C=O) groups excluding carboxylic acids is 2. The Balaban J connectivity index is 4.75. The quantitative estimate of drug-likeness (QED) is 0.651. The summed E-state index contributed by atoms with van der Waals surface area (Å²) in [7, 11) is 0. The van der Waals surface area contributed by atoms with Gasteiger partial charge in [0.05, 0.1) is 5.92 Å². The van der Waals surface area contributed by atoms with E-state index in [0.29, 0.717) is 6.42 Å². The minimum absolute atomic E-state index is 0.0498. The first-order valence-electron chi connectivity index (χ1n) is 5.29. The summed E-state index contributed by atoms with van der Waals surface area (Å²) in [5.41, 5.74) is -0.411. The highest BCUT2D eigenvalue weighted by Gasteiger charge is 2.33. The Morgan fingerprint density at radius 2 is 1.57 bits per heavy atom. The number of hydrogen-bond donors (Lipinski definition) is 0. The highest BCUT2D eigenvalue weighted by molar-refractivity contribution is 6.05. The van der Waals surface area contributed by atoms with Gasteiger partial charge in [-0.25, -0.2) is 0 Å². The van der Waals surface area contributed by atoms with Crippen LogP contribution in [0.3, 0.4) is 0 Å². The van der Waals surface area contributed by atoms with Gasteiger partial charge in [-0.3, -0.25) is 9.59 Å². The molecule has 2 nitrogen and oxygen atoms in total. The van der Waals surface area contributed by atoms with Crippen molar-refractivity contribution in [2.75, 3.05) is 0 Å². The number of hydrogen-bond acceptors (Lipinski definition) is 2. The lowest BCUT2D eigenvalue weighted by atomic mass is 9.78. The molecule has 0 heterocycles. The average Bonchev–Trinajstić information content (AvgIpc) is 2.03. The topological polar surface area (TPSA) is 34.1 Å². The molecule has 0 saturated heterocycles. The molecule has 0 rings (SSSR count). The summed E-state index contributed by atoms with van der Waals surface area (Å²) in [6, 6.07) is 0. The zero-order valence-corrected chi connectivity index (χ0v) is 10.2. The number of rotatable bonds is 4. The molecule has 0 aromatic carbocycles. The van der Waals surface area contributed by atoms with E-state index in [1.807, 2.05) is 41.5 Å². The van der Waals surface area contributed by atoms with Crippen LogP contribution in [0.15, 0.2) is 0 Å². The first-order valence-corrected chi connectivity index (χ1v) is 5.29. The normalized spacial score (nSPS) is 14.2. The Morgan fingerprint density at radius 1 is 1.14 bits per heavy atom. The van der Waals surface area contributed by atoms with Gasteiger partial charge >= 0.3 is 0 Å². The SMILES string of the molecule is CCC(C(=O)C(C)C)C(=O)C(C)(C)C. The van der Waals surface area contributed by atoms with Crippen molar-refractivity contribution in [2.45, 2.75) is 48.0 Å². The highest BCUT2D eigenvalue weighted by atomic mass is 16.2. The van der Waals surface area contributed by atoms with E-state index in [-0.39, 0.29) is 17.5 Å². The predicted octanol–water partition coefficient (Wildman–Crippen LogP) is 2.85. The maximum Gasteiger partial charge on any atom is 0.148 e. The van der Waals surface area contributed by atoms with E-state index in [2.05, 4.69) is 0 Å². The zero-order valence-electron chi connectivity index (χ0n) is 10.2. The van der Waals surface area contributed by atoms with E-state index in [1.54, 1.807) is 0 Å². The van der Waals surface area contributed by atoms with Gasteiger partial charge < -0.3 is 0 Å². The molecule has 2 heteroatoms. The summed E-state index contributed by atoms with van der Waals surface area (Å²) >= 11 is 0. The molecule has 0 aliphatic carbocycles. The summed E-state index contributed by atoms with van der Waals surface area (Å²) in [4.78, 5) is 23.7. The van der Waals surface area contributed by atoms with E-state index in [4.69, 9.17) is 0 Å². The predicted molar refractivity (Wildman–Crippen MR) is 58.1 cm³/mol. The molecular formula is C12H22O2. The Morgan fingerprint density at radius 3 is 1.79 bits per heavy atom. The van der Waals surface area contributed by atoms with Crippen molar-refractivity contribution in [1.82, 2.24) is 0 Å². The van der Waals surface area contributed by atoms with Gasteiger partial charge in [0, 0.05) is 11.3 Å². The molecule has 1 atom stereocenters. The molecule has 14 heavy (non-hydrogen) atoms. The molecule has 82 valence electrons. The molecule has 0 aromatic heterocycles. The van der Waals surface area contributed by atoms with Crippen LogP contribution in [0, 0.1) is 17.3 Å². The Labute approximate surface area is 87.1 Å². The van der Waals surface area contributed by atoms with Crippen LogP contribution in [-0.2, 0) is 9.59 Å². The number of Topliss-reactive ketones (excluding diaryl/α,β-unsaturated/α-hetero) is 2. The van der Waals surface area contributed by atoms with Gasteiger partial charge in [-0.2, -0.15) is 0 Å². The van der Waals surface area contributed by atoms with Crippen LogP contribution < -0.4 is 0 Å². The second-order valence-electron chi connectivity index (χ2n) is 5.13. The van der Waals surface area contributed by atoms with Crippen molar-refractivity contribution in [3.8, 4) is 0 Å². The zero-order chi connectivity index (χ0) is 11.5. The molecule has 0 radical (unpaired) electrons. The maximum absolute atomic E-state index is 11.9. The Bertz CT molecular complexity index is 221. The third-order valence-electron chi connectivity index (χ3n) is 2.38. The van der Waals surface area contributed by atoms with Crippen molar-refractivity contribution >= 4 is 11.6 Å². The molecule has 0 fully saturated rings. The van der Waals surface area contributed by atoms with Gasteiger partial charge in [0.2, 0.25) is 0 Å². The standard InChI is InChI=1S/C12H22O2/c1-7-9(10(13)8(2)3)11(14)12(4,5)6/h8-9H,7H2,1-6H3. The monoisotopic (exact) mass is 198 g/mol. The fourth-order valence-corrected chi connectivity index (χ4v) is 1.44. The van der Waals surface area contributed by atoms with E-state index in [0.717, 1.165) is 0 Å². The van der Waals surface area contributed by atoms with Crippen LogP contribution in [0.5, 0.6) is 0 Å². The Kier molecular flexibility index (Phi) is 4.50. The van der Waals surface area contributed by atoms with Gasteiger partial charge in [-0.05, 0) is 6.42 Å². The fraction of sp³-hybridized carbons (Fsp3) is 0.833. The van der Waals surface area contributed by atoms with Gasteiger partial charge in [-0.15, -0.1) is 0 Å². The highest BCUT2D eigenvalue weighted by Crippen LogP contribution is 2.24. The van der Waals surface area contributed by atoms with Crippen molar-refractivity contribution in [3.63, 3.8) is 0 Å². The molecule has 0 aliphatic heterocycles. The van der Waals surface area contributed by atoms with E-state index < -0.39 is 11.3 Å². The fourth-order valence-electron chi connectivity index (χ4n) is 1.44. The van der Waals surface area contributed by atoms with Gasteiger partial charge in [0.25, 0.3) is 0 Å². The van der Waals surface area contributed by atoms with Crippen LogP contribution >= 0.6 is 0 Å². The minimum atomic E-state index is -0.411. The molecule has 0 N–H and O–H groups in total. The van der Waals surface area contributed by atoms with Crippen molar-refractivity contribution in [1.29, 1.82) is 0 Å². The first kappa shape index (κ1) is 13.3. The largest absolute Gasteiger partial charge is 0.299 e. The summed E-state index contributed by atoms with van der Waals surface area (Å²) < 4.78 is 0. The molecule has 1 unspecified atom stereocenters. The molecule has 0 amide bonds. The van der Waals surface area contributed by atoms with Gasteiger partial charge in [0.1, 0.15) is 11.6 Å². The molecule has 0 aromatic rings. The van der Waals surface area contributed by atoms with Crippen LogP contribution in [-0.4, -0.2) is 11.6 Å². The van der Waals surface area contributed by atoms with Crippen LogP contribution in [0.4, 0.5) is 0 Å². The average molecular weight is 198 g/mol. The van der Waals surface area contributed by atoms with Gasteiger partial charge in [-0.1, -0.05) is 41.5 Å². The third kappa shape index (κ3) is 3.24. The Hall–Kier alpha value is -0.660.